The third-order valence-corrected chi connectivity index (χ3v) is 4.70. The van der Waals surface area contributed by atoms with Gasteiger partial charge in [-0.05, 0) is 38.5 Å². The number of hydrogen-bond donors (Lipinski definition) is 0. The van der Waals surface area contributed by atoms with Crippen LogP contribution in [0.3, 0.4) is 0 Å². The number of ketones is 2. The second kappa shape index (κ2) is 3.66. The predicted octanol–water partition coefficient (Wildman–Crippen LogP) is 1.84. The van der Waals surface area contributed by atoms with Crippen molar-refractivity contribution >= 4 is 11.6 Å². The Morgan fingerprint density at radius 2 is 2.12 bits per heavy atom. The molecule has 0 unspecified atom stereocenters. The van der Waals surface area contributed by atoms with Crippen molar-refractivity contribution in [3.8, 4) is 0 Å². The van der Waals surface area contributed by atoms with E-state index in [1.807, 2.05) is 0 Å². The van der Waals surface area contributed by atoms with Gasteiger partial charge in [-0.15, -0.1) is 0 Å². The van der Waals surface area contributed by atoms with Gasteiger partial charge in [-0.2, -0.15) is 0 Å². The third-order valence-electron chi connectivity index (χ3n) is 4.70. The second-order valence-electron chi connectivity index (χ2n) is 5.64. The van der Waals surface area contributed by atoms with E-state index < -0.39 is 5.41 Å². The lowest BCUT2D eigenvalue weighted by molar-refractivity contribution is -0.137. The Hall–Kier alpha value is -0.700. The maximum Gasteiger partial charge on any atom is 0.149 e. The van der Waals surface area contributed by atoms with Crippen molar-refractivity contribution in [2.75, 3.05) is 7.11 Å². The summed E-state index contributed by atoms with van der Waals surface area (Å²) < 4.78 is 5.50. The normalized spacial score (nSPS) is 47.1. The number of carbonyl (C=O) groups is 2. The lowest BCUT2D eigenvalue weighted by atomic mass is 9.80. The van der Waals surface area contributed by atoms with E-state index >= 15 is 0 Å². The largest absolute Gasteiger partial charge is 0.381 e. The smallest absolute Gasteiger partial charge is 0.149 e. The summed E-state index contributed by atoms with van der Waals surface area (Å²) >= 11 is 0. The molecule has 0 aromatic carbocycles. The zero-order valence-corrected chi connectivity index (χ0v) is 10.4. The van der Waals surface area contributed by atoms with Crippen LogP contribution >= 0.6 is 0 Å². The van der Waals surface area contributed by atoms with Crippen LogP contribution in [0.1, 0.15) is 33.6 Å². The molecule has 0 aromatic rings. The Morgan fingerprint density at radius 3 is 2.62 bits per heavy atom. The Balaban J connectivity index is 2.28. The number of hydrogen-bond acceptors (Lipinski definition) is 3. The lowest BCUT2D eigenvalue weighted by Crippen LogP contribution is -2.33. The number of carbonyl (C=O) groups excluding carboxylic acids is 2. The molecule has 16 heavy (non-hydrogen) atoms. The molecule has 3 nitrogen and oxygen atoms in total. The molecule has 0 amide bonds. The molecular formula is C13H20O3. The van der Waals surface area contributed by atoms with Gasteiger partial charge in [-0.1, -0.05) is 6.92 Å². The Morgan fingerprint density at radius 1 is 1.50 bits per heavy atom. The maximum absolute atomic E-state index is 12.3. The first kappa shape index (κ1) is 11.8. The van der Waals surface area contributed by atoms with Gasteiger partial charge in [0, 0.05) is 13.0 Å². The fourth-order valence-electron chi connectivity index (χ4n) is 3.63. The van der Waals surface area contributed by atoms with Crippen LogP contribution in [0.4, 0.5) is 0 Å². The molecule has 0 bridgehead atoms. The van der Waals surface area contributed by atoms with E-state index in [2.05, 4.69) is 6.92 Å². The highest BCUT2D eigenvalue weighted by molar-refractivity contribution is 6.08. The number of fused-ring (bicyclic) bond motifs is 1. The van der Waals surface area contributed by atoms with E-state index in [9.17, 15) is 9.59 Å². The van der Waals surface area contributed by atoms with Gasteiger partial charge in [-0.25, -0.2) is 0 Å². The van der Waals surface area contributed by atoms with E-state index in [0.29, 0.717) is 12.3 Å². The summed E-state index contributed by atoms with van der Waals surface area (Å²) in [4.78, 5) is 23.9. The Kier molecular flexibility index (Phi) is 2.69. The van der Waals surface area contributed by atoms with Crippen LogP contribution < -0.4 is 0 Å². The Bertz CT molecular complexity index is 336. The van der Waals surface area contributed by atoms with Crippen LogP contribution in [0.15, 0.2) is 0 Å². The maximum atomic E-state index is 12.3. The first-order chi connectivity index (χ1) is 7.41. The first-order valence-corrected chi connectivity index (χ1v) is 6.00. The number of methoxy groups -OCH3 is 1. The van der Waals surface area contributed by atoms with E-state index in [-0.39, 0.29) is 29.5 Å². The van der Waals surface area contributed by atoms with E-state index in [0.717, 1.165) is 6.42 Å². The summed E-state index contributed by atoms with van der Waals surface area (Å²) in [5.41, 5.74) is -0.744. The summed E-state index contributed by atoms with van der Waals surface area (Å²) in [6.45, 7) is 5.46. The van der Waals surface area contributed by atoms with Crippen molar-refractivity contribution in [3.63, 3.8) is 0 Å². The average molecular weight is 224 g/mol. The van der Waals surface area contributed by atoms with Crippen molar-refractivity contribution in [1.82, 2.24) is 0 Å². The minimum atomic E-state index is -0.744. The standard InChI is InChI=1S/C13H20O3/c1-7-5-9-10(11(7)16-4)6-13(3,8(2)14)12(9)15/h7,9-11H,5-6H2,1-4H3/t7-,9+,10+,11+,13-/m0/s1. The first-order valence-electron chi connectivity index (χ1n) is 6.00. The molecule has 2 aliphatic rings. The highest BCUT2D eigenvalue weighted by Gasteiger charge is 2.58. The van der Waals surface area contributed by atoms with Gasteiger partial charge in [0.2, 0.25) is 0 Å². The molecule has 0 heterocycles. The predicted molar refractivity (Wildman–Crippen MR) is 60.0 cm³/mol. The van der Waals surface area contributed by atoms with E-state index in [1.165, 1.54) is 6.92 Å². The van der Waals surface area contributed by atoms with Crippen LogP contribution in [-0.2, 0) is 14.3 Å². The topological polar surface area (TPSA) is 43.4 Å². The van der Waals surface area contributed by atoms with Crippen molar-refractivity contribution < 1.29 is 14.3 Å². The van der Waals surface area contributed by atoms with Gasteiger partial charge in [0.05, 0.1) is 11.5 Å². The molecule has 5 atom stereocenters. The van der Waals surface area contributed by atoms with Gasteiger partial charge < -0.3 is 4.74 Å². The highest BCUT2D eigenvalue weighted by atomic mass is 16.5. The van der Waals surface area contributed by atoms with Crippen LogP contribution in [0.25, 0.3) is 0 Å². The summed E-state index contributed by atoms with van der Waals surface area (Å²) in [6, 6.07) is 0. The molecule has 0 spiro atoms. The molecule has 0 radical (unpaired) electrons. The molecule has 0 N–H and O–H groups in total. The van der Waals surface area contributed by atoms with Gasteiger partial charge in [0.25, 0.3) is 0 Å². The second-order valence-corrected chi connectivity index (χ2v) is 5.64. The monoisotopic (exact) mass is 224 g/mol. The SMILES string of the molecule is CO[C@H]1[C@@H]2C[C@@](C)(C(C)=O)C(=O)[C@@H]2C[C@@H]1C. The lowest BCUT2D eigenvalue weighted by Gasteiger charge is -2.24. The quantitative estimate of drug-likeness (QED) is 0.672. The summed E-state index contributed by atoms with van der Waals surface area (Å²) in [6.07, 6.45) is 1.70. The van der Waals surface area contributed by atoms with E-state index in [4.69, 9.17) is 4.74 Å². The molecule has 0 saturated heterocycles. The molecule has 2 rings (SSSR count). The van der Waals surface area contributed by atoms with Crippen LogP contribution in [0.2, 0.25) is 0 Å². The minimum Gasteiger partial charge on any atom is -0.381 e. The van der Waals surface area contributed by atoms with Crippen molar-refractivity contribution in [3.05, 3.63) is 0 Å². The molecule has 3 heteroatoms. The Labute approximate surface area is 96.5 Å². The summed E-state index contributed by atoms with van der Waals surface area (Å²) in [5.74, 6) is 0.890. The van der Waals surface area contributed by atoms with Crippen molar-refractivity contribution in [2.24, 2.45) is 23.2 Å². The van der Waals surface area contributed by atoms with Gasteiger partial charge in [0.1, 0.15) is 11.6 Å². The number of rotatable bonds is 2. The highest BCUT2D eigenvalue weighted by Crippen LogP contribution is 2.53. The fourth-order valence-corrected chi connectivity index (χ4v) is 3.63. The van der Waals surface area contributed by atoms with Crippen LogP contribution in [0.5, 0.6) is 0 Å². The molecule has 0 aromatic heterocycles. The van der Waals surface area contributed by atoms with Crippen molar-refractivity contribution in [1.29, 1.82) is 0 Å². The molecule has 2 saturated carbocycles. The van der Waals surface area contributed by atoms with Crippen LogP contribution in [0, 0.1) is 23.2 Å². The third kappa shape index (κ3) is 1.37. The molecule has 2 aliphatic carbocycles. The minimum absolute atomic E-state index is 0.00871. The van der Waals surface area contributed by atoms with E-state index in [1.54, 1.807) is 14.0 Å². The van der Waals surface area contributed by atoms with Crippen molar-refractivity contribution in [2.45, 2.75) is 39.7 Å². The summed E-state index contributed by atoms with van der Waals surface area (Å²) in [7, 11) is 1.71. The molecule has 0 aliphatic heterocycles. The fraction of sp³-hybridized carbons (Fsp3) is 0.846. The zero-order valence-electron chi connectivity index (χ0n) is 10.4. The number of ether oxygens (including phenoxy) is 1. The van der Waals surface area contributed by atoms with Gasteiger partial charge in [-0.3, -0.25) is 9.59 Å². The van der Waals surface area contributed by atoms with Gasteiger partial charge in [0.15, 0.2) is 0 Å². The molecular weight excluding hydrogens is 204 g/mol. The number of Topliss-reactive ketones (excluding diaryl/α,β-unsaturated/α-hetero) is 2. The summed E-state index contributed by atoms with van der Waals surface area (Å²) in [5, 5.41) is 0. The van der Waals surface area contributed by atoms with Crippen LogP contribution in [-0.4, -0.2) is 24.8 Å². The van der Waals surface area contributed by atoms with Gasteiger partial charge >= 0.3 is 0 Å². The zero-order chi connectivity index (χ0) is 12.1. The molecule has 2 fully saturated rings. The average Bonchev–Trinajstić information content (AvgIpc) is 2.64. The molecule has 90 valence electrons.